The van der Waals surface area contributed by atoms with Crippen LogP contribution in [0.1, 0.15) is 42.4 Å². The summed E-state index contributed by atoms with van der Waals surface area (Å²) in [7, 11) is 0. The van der Waals surface area contributed by atoms with Crippen LogP contribution >= 0.6 is 23.4 Å². The summed E-state index contributed by atoms with van der Waals surface area (Å²) in [6.45, 7) is 6.52. The van der Waals surface area contributed by atoms with Crippen LogP contribution in [0.25, 0.3) is 0 Å². The van der Waals surface area contributed by atoms with Gasteiger partial charge in [0, 0.05) is 5.75 Å². The minimum Gasteiger partial charge on any atom is -0.476 e. The molecule has 1 heterocycles. The number of benzene rings is 1. The van der Waals surface area contributed by atoms with Crippen molar-refractivity contribution in [2.45, 2.75) is 37.1 Å². The minimum atomic E-state index is -1.15. The normalized spacial score (nSPS) is 11.5. The van der Waals surface area contributed by atoms with Crippen molar-refractivity contribution in [3.63, 3.8) is 0 Å². The Morgan fingerprint density at radius 3 is 2.45 bits per heavy atom. The molecule has 0 amide bonds. The van der Waals surface area contributed by atoms with Crippen LogP contribution in [-0.4, -0.2) is 21.0 Å². The van der Waals surface area contributed by atoms with Crippen molar-refractivity contribution in [2.24, 2.45) is 0 Å². The second kappa shape index (κ2) is 6.67. The first-order valence-electron chi connectivity index (χ1n) is 6.75. The van der Waals surface area contributed by atoms with Crippen molar-refractivity contribution in [1.82, 2.24) is 9.97 Å². The van der Waals surface area contributed by atoms with Gasteiger partial charge in [-0.3, -0.25) is 0 Å². The largest absolute Gasteiger partial charge is 0.476 e. The van der Waals surface area contributed by atoms with Crippen molar-refractivity contribution in [3.8, 4) is 0 Å². The molecule has 0 aliphatic heterocycles. The van der Waals surface area contributed by atoms with Crippen LogP contribution < -0.4 is 0 Å². The van der Waals surface area contributed by atoms with Gasteiger partial charge < -0.3 is 5.11 Å². The van der Waals surface area contributed by atoms with E-state index in [0.29, 0.717) is 10.9 Å². The second-order valence-corrected chi connectivity index (χ2v) is 7.24. The zero-order valence-corrected chi connectivity index (χ0v) is 14.2. The molecule has 0 fully saturated rings. The fraction of sp³-hybridized carbons (Fsp3) is 0.312. The van der Waals surface area contributed by atoms with E-state index in [2.05, 4.69) is 55.0 Å². The van der Waals surface area contributed by atoms with Gasteiger partial charge in [0.2, 0.25) is 0 Å². The summed E-state index contributed by atoms with van der Waals surface area (Å²) in [5, 5.41) is 9.45. The highest BCUT2D eigenvalue weighted by atomic mass is 35.5. The maximum Gasteiger partial charge on any atom is 0.356 e. The highest BCUT2D eigenvalue weighted by Gasteiger charge is 2.14. The number of aromatic carboxylic acids is 1. The average Bonchev–Trinajstić information content (AvgIpc) is 2.45. The number of carbonyl (C=O) groups is 1. The zero-order chi connectivity index (χ0) is 16.3. The predicted molar refractivity (Wildman–Crippen MR) is 88.7 cm³/mol. The monoisotopic (exact) mass is 336 g/mol. The van der Waals surface area contributed by atoms with E-state index in [4.69, 9.17) is 16.7 Å². The van der Waals surface area contributed by atoms with Gasteiger partial charge in [-0.05, 0) is 16.5 Å². The van der Waals surface area contributed by atoms with Crippen molar-refractivity contribution in [1.29, 1.82) is 0 Å². The third-order valence-electron chi connectivity index (χ3n) is 3.11. The molecule has 116 valence electrons. The van der Waals surface area contributed by atoms with E-state index in [1.54, 1.807) is 0 Å². The molecule has 0 aliphatic carbocycles. The SMILES string of the molecule is CC(C)(C)c1ccc(CSc2ncc(Cl)c(C(=O)O)n2)cc1. The summed E-state index contributed by atoms with van der Waals surface area (Å²) in [6.07, 6.45) is 1.32. The van der Waals surface area contributed by atoms with Crippen molar-refractivity contribution >= 4 is 29.3 Å². The van der Waals surface area contributed by atoms with Crippen LogP contribution in [0, 0.1) is 0 Å². The zero-order valence-electron chi connectivity index (χ0n) is 12.6. The van der Waals surface area contributed by atoms with E-state index in [-0.39, 0.29) is 16.1 Å². The molecule has 0 radical (unpaired) electrons. The summed E-state index contributed by atoms with van der Waals surface area (Å²) < 4.78 is 0. The van der Waals surface area contributed by atoms with Crippen LogP contribution in [0.4, 0.5) is 0 Å². The molecule has 0 unspecified atom stereocenters. The summed E-state index contributed by atoms with van der Waals surface area (Å²) in [6, 6.07) is 8.37. The van der Waals surface area contributed by atoms with Crippen LogP contribution in [-0.2, 0) is 11.2 Å². The average molecular weight is 337 g/mol. The van der Waals surface area contributed by atoms with Gasteiger partial charge in [0.05, 0.1) is 11.2 Å². The molecule has 0 bridgehead atoms. The first kappa shape index (κ1) is 16.8. The molecule has 2 rings (SSSR count). The Bertz CT molecular complexity index is 682. The van der Waals surface area contributed by atoms with Crippen LogP contribution in [0.5, 0.6) is 0 Å². The number of aromatic nitrogens is 2. The molecule has 0 atom stereocenters. The second-order valence-electron chi connectivity index (χ2n) is 5.89. The lowest BCUT2D eigenvalue weighted by molar-refractivity contribution is 0.0689. The topological polar surface area (TPSA) is 63.1 Å². The molecule has 1 aromatic heterocycles. The Kier molecular flexibility index (Phi) is 5.08. The third kappa shape index (κ3) is 4.21. The van der Waals surface area contributed by atoms with Gasteiger partial charge in [-0.15, -0.1) is 0 Å². The lowest BCUT2D eigenvalue weighted by Crippen LogP contribution is -2.10. The molecular formula is C16H17ClN2O2S. The number of carboxylic acid groups (broad SMARTS) is 1. The minimum absolute atomic E-state index is 0.0476. The van der Waals surface area contributed by atoms with Gasteiger partial charge in [0.1, 0.15) is 0 Å². The molecule has 1 aromatic carbocycles. The lowest BCUT2D eigenvalue weighted by atomic mass is 9.87. The predicted octanol–water partition coefficient (Wildman–Crippen LogP) is 4.42. The van der Waals surface area contributed by atoms with E-state index in [1.807, 2.05) is 0 Å². The van der Waals surface area contributed by atoms with Crippen molar-refractivity contribution in [2.75, 3.05) is 0 Å². The van der Waals surface area contributed by atoms with Gasteiger partial charge in [-0.25, -0.2) is 14.8 Å². The molecule has 1 N–H and O–H groups in total. The Labute approximate surface area is 138 Å². The first-order chi connectivity index (χ1) is 10.3. The van der Waals surface area contributed by atoms with Gasteiger partial charge in [-0.2, -0.15) is 0 Å². The van der Waals surface area contributed by atoms with Crippen molar-refractivity contribution in [3.05, 3.63) is 52.3 Å². The molecule has 0 saturated heterocycles. The maximum atomic E-state index is 11.0. The highest BCUT2D eigenvalue weighted by Crippen LogP contribution is 2.25. The number of carboxylic acids is 1. The summed E-state index contributed by atoms with van der Waals surface area (Å²) in [5.74, 6) is -0.478. The van der Waals surface area contributed by atoms with Gasteiger partial charge in [0.25, 0.3) is 0 Å². The number of thioether (sulfide) groups is 1. The van der Waals surface area contributed by atoms with E-state index < -0.39 is 5.97 Å². The summed E-state index contributed by atoms with van der Waals surface area (Å²) in [4.78, 5) is 19.0. The van der Waals surface area contributed by atoms with Gasteiger partial charge in [0.15, 0.2) is 10.9 Å². The smallest absolute Gasteiger partial charge is 0.356 e. The first-order valence-corrected chi connectivity index (χ1v) is 8.12. The Morgan fingerprint density at radius 1 is 1.27 bits per heavy atom. The Morgan fingerprint density at radius 2 is 1.91 bits per heavy atom. The number of hydrogen-bond donors (Lipinski definition) is 1. The molecule has 6 heteroatoms. The number of rotatable bonds is 4. The van der Waals surface area contributed by atoms with Crippen LogP contribution in [0.2, 0.25) is 5.02 Å². The van der Waals surface area contributed by atoms with E-state index >= 15 is 0 Å². The Balaban J connectivity index is 2.07. The summed E-state index contributed by atoms with van der Waals surface area (Å²) >= 11 is 7.14. The number of hydrogen-bond acceptors (Lipinski definition) is 4. The third-order valence-corrected chi connectivity index (χ3v) is 4.32. The maximum absolute atomic E-state index is 11.0. The fourth-order valence-electron chi connectivity index (χ4n) is 1.82. The number of nitrogens with zero attached hydrogens (tertiary/aromatic N) is 2. The molecule has 4 nitrogen and oxygen atoms in total. The van der Waals surface area contributed by atoms with E-state index in [0.717, 1.165) is 5.56 Å². The number of halogens is 1. The molecule has 22 heavy (non-hydrogen) atoms. The van der Waals surface area contributed by atoms with Crippen molar-refractivity contribution < 1.29 is 9.90 Å². The van der Waals surface area contributed by atoms with Crippen LogP contribution in [0.3, 0.4) is 0 Å². The molecule has 0 aliphatic rings. The molecule has 0 spiro atoms. The molecular weight excluding hydrogens is 320 g/mol. The van der Waals surface area contributed by atoms with E-state index in [9.17, 15) is 4.79 Å². The van der Waals surface area contributed by atoms with Crippen LogP contribution in [0.15, 0.2) is 35.6 Å². The fourth-order valence-corrected chi connectivity index (χ4v) is 2.76. The quantitative estimate of drug-likeness (QED) is 0.661. The Hall–Kier alpha value is -1.59. The summed E-state index contributed by atoms with van der Waals surface area (Å²) in [5.41, 5.74) is 2.37. The van der Waals surface area contributed by atoms with Gasteiger partial charge in [-0.1, -0.05) is 68.4 Å². The molecule has 0 saturated carbocycles. The van der Waals surface area contributed by atoms with Gasteiger partial charge >= 0.3 is 5.97 Å². The van der Waals surface area contributed by atoms with E-state index in [1.165, 1.54) is 23.5 Å². The standard InChI is InChI=1S/C16H17ClN2O2S/c1-16(2,3)11-6-4-10(5-7-11)9-22-15-18-8-12(17)13(19-15)14(20)21/h4-8H,9H2,1-3H3,(H,20,21). The molecule has 2 aromatic rings. The highest BCUT2D eigenvalue weighted by molar-refractivity contribution is 7.98. The lowest BCUT2D eigenvalue weighted by Gasteiger charge is -2.19.